The Morgan fingerprint density at radius 1 is 1.19 bits per heavy atom. The van der Waals surface area contributed by atoms with E-state index in [0.29, 0.717) is 42.5 Å². The summed E-state index contributed by atoms with van der Waals surface area (Å²) in [5, 5.41) is 2.93. The number of likely N-dealkylation sites (N-methyl/N-ethyl adjacent to an activating group) is 1. The van der Waals surface area contributed by atoms with Crippen molar-refractivity contribution >= 4 is 36.8 Å². The molecular formula is C22H27F2N5O2S. The average Bonchev–Trinajstić information content (AvgIpc) is 2.64. The third-order valence-electron chi connectivity index (χ3n) is 5.84. The second kappa shape index (κ2) is 9.01. The number of amides is 2. The molecule has 2 aliphatic rings. The lowest BCUT2D eigenvalue weighted by Gasteiger charge is -2.40. The Hall–Kier alpha value is -2.75. The fourth-order valence-electron chi connectivity index (χ4n) is 4.34. The highest BCUT2D eigenvalue weighted by Gasteiger charge is 2.36. The van der Waals surface area contributed by atoms with Gasteiger partial charge in [0.05, 0.1) is 5.69 Å². The van der Waals surface area contributed by atoms with Crippen LogP contribution in [0.5, 0.6) is 0 Å². The van der Waals surface area contributed by atoms with Gasteiger partial charge < -0.3 is 15.1 Å². The van der Waals surface area contributed by atoms with Crippen LogP contribution in [0.2, 0.25) is 0 Å². The number of carbonyl (C=O) groups excluding carboxylic acids is 2. The molecule has 0 saturated carbocycles. The van der Waals surface area contributed by atoms with Gasteiger partial charge in [0.2, 0.25) is 5.91 Å². The largest absolute Gasteiger partial charge is 0.346 e. The van der Waals surface area contributed by atoms with Crippen LogP contribution >= 0.6 is 13.5 Å². The summed E-state index contributed by atoms with van der Waals surface area (Å²) in [6.07, 6.45) is 0.573. The maximum Gasteiger partial charge on any atom is 0.254 e. The lowest BCUT2D eigenvalue weighted by Crippen LogP contribution is -2.51. The van der Waals surface area contributed by atoms with Crippen LogP contribution in [0.3, 0.4) is 0 Å². The van der Waals surface area contributed by atoms with E-state index in [-0.39, 0.29) is 48.8 Å². The van der Waals surface area contributed by atoms with Gasteiger partial charge >= 0.3 is 0 Å². The molecule has 0 spiro atoms. The monoisotopic (exact) mass is 463 g/mol. The number of carbonyl (C=O) groups is 2. The second-order valence-corrected chi connectivity index (χ2v) is 8.65. The van der Waals surface area contributed by atoms with E-state index in [4.69, 9.17) is 4.98 Å². The molecular weight excluding hydrogens is 436 g/mol. The topological polar surface area (TPSA) is 78.4 Å². The van der Waals surface area contributed by atoms with Crippen molar-refractivity contribution in [2.24, 2.45) is 11.8 Å². The van der Waals surface area contributed by atoms with Crippen LogP contribution in [0.1, 0.15) is 35.7 Å². The van der Waals surface area contributed by atoms with Crippen LogP contribution in [0.4, 0.5) is 20.3 Å². The quantitative estimate of drug-likeness (QED) is 0.755. The summed E-state index contributed by atoms with van der Waals surface area (Å²) < 4.78 is 26.8. The van der Waals surface area contributed by atoms with Crippen molar-refractivity contribution < 1.29 is 18.4 Å². The van der Waals surface area contributed by atoms with E-state index < -0.39 is 11.6 Å². The number of nitrogens with zero attached hydrogens (tertiary/aromatic N) is 4. The summed E-state index contributed by atoms with van der Waals surface area (Å²) in [6.45, 7) is 6.76. The van der Waals surface area contributed by atoms with Crippen molar-refractivity contribution in [1.82, 2.24) is 14.9 Å². The first-order valence-corrected chi connectivity index (χ1v) is 10.3. The van der Waals surface area contributed by atoms with Crippen molar-refractivity contribution in [1.29, 1.82) is 0 Å². The minimum atomic E-state index is -0.769. The van der Waals surface area contributed by atoms with Gasteiger partial charge in [-0.1, -0.05) is 13.8 Å². The molecule has 0 aliphatic carbocycles. The third kappa shape index (κ3) is 4.41. The molecule has 2 amide bonds. The molecule has 1 atom stereocenters. The third-order valence-corrected chi connectivity index (χ3v) is 5.84. The van der Waals surface area contributed by atoms with Gasteiger partial charge in [0.1, 0.15) is 29.2 Å². The van der Waals surface area contributed by atoms with Gasteiger partial charge in [-0.2, -0.15) is 13.5 Å². The first-order valence-electron chi connectivity index (χ1n) is 10.3. The molecule has 1 fully saturated rings. The number of halogens is 2. The maximum atomic E-state index is 13.4. The van der Waals surface area contributed by atoms with Crippen molar-refractivity contribution in [3.05, 3.63) is 46.9 Å². The highest BCUT2D eigenvalue weighted by Crippen LogP contribution is 2.34. The van der Waals surface area contributed by atoms with E-state index >= 15 is 0 Å². The zero-order valence-corrected chi connectivity index (χ0v) is 19.4. The molecule has 1 saturated heterocycles. The Labute approximate surface area is 192 Å². The molecule has 4 rings (SSSR count). The van der Waals surface area contributed by atoms with Crippen LogP contribution in [0, 0.1) is 30.4 Å². The van der Waals surface area contributed by atoms with Crippen molar-refractivity contribution in [2.75, 3.05) is 30.4 Å². The van der Waals surface area contributed by atoms with E-state index in [1.165, 1.54) is 0 Å². The summed E-state index contributed by atoms with van der Waals surface area (Å²) in [5.41, 5.74) is 1.34. The van der Waals surface area contributed by atoms with Crippen molar-refractivity contribution in [2.45, 2.75) is 33.2 Å². The standard InChI is InChI=1S/C22H25F2N5O2.H2S/c1-11(2)19-21(30)27-18-12(3)25-17(26-20(18)28(19)4)5-13-9-29(10-13)22(31)14-6-15(23)8-16(24)7-14;/h6-8,11,13,19H,5,9-10H2,1-4H3,(H,27,30);1H2/t19-;/m0./s1. The Kier molecular flexibility index (Phi) is 6.73. The Morgan fingerprint density at radius 2 is 1.81 bits per heavy atom. The first-order chi connectivity index (χ1) is 14.6. The minimum absolute atomic E-state index is 0. The number of nitrogens with one attached hydrogen (secondary N) is 1. The molecule has 1 aromatic carbocycles. The van der Waals surface area contributed by atoms with E-state index in [1.54, 1.807) is 4.90 Å². The van der Waals surface area contributed by atoms with Gasteiger partial charge in [0.25, 0.3) is 5.91 Å². The summed E-state index contributed by atoms with van der Waals surface area (Å²) in [5.74, 6) is -0.367. The average molecular weight is 464 g/mol. The zero-order chi connectivity index (χ0) is 22.4. The molecule has 0 bridgehead atoms. The first kappa shape index (κ1) is 23.9. The van der Waals surface area contributed by atoms with Crippen LogP contribution in [0.15, 0.2) is 18.2 Å². The molecule has 2 aromatic rings. The normalized spacial score (nSPS) is 18.1. The van der Waals surface area contributed by atoms with E-state index in [2.05, 4.69) is 10.3 Å². The number of benzene rings is 1. The number of likely N-dealkylation sites (tertiary alicyclic amines) is 1. The number of rotatable bonds is 4. The van der Waals surface area contributed by atoms with Gasteiger partial charge in [-0.15, -0.1) is 0 Å². The van der Waals surface area contributed by atoms with Gasteiger partial charge in [0.15, 0.2) is 5.82 Å². The molecule has 1 aromatic heterocycles. The molecule has 10 heteroatoms. The predicted molar refractivity (Wildman–Crippen MR) is 122 cm³/mol. The van der Waals surface area contributed by atoms with Crippen molar-refractivity contribution in [3.8, 4) is 0 Å². The summed E-state index contributed by atoms with van der Waals surface area (Å²) >= 11 is 0. The number of hydrogen-bond donors (Lipinski definition) is 1. The summed E-state index contributed by atoms with van der Waals surface area (Å²) in [6, 6.07) is 2.53. The summed E-state index contributed by atoms with van der Waals surface area (Å²) in [4.78, 5) is 37.6. The van der Waals surface area contributed by atoms with Crippen LogP contribution < -0.4 is 10.2 Å². The molecule has 7 nitrogen and oxygen atoms in total. The fraction of sp³-hybridized carbons (Fsp3) is 0.455. The number of aromatic nitrogens is 2. The fourth-order valence-corrected chi connectivity index (χ4v) is 4.34. The van der Waals surface area contributed by atoms with E-state index in [1.807, 2.05) is 32.7 Å². The van der Waals surface area contributed by atoms with Crippen LogP contribution in [-0.2, 0) is 11.2 Å². The highest BCUT2D eigenvalue weighted by molar-refractivity contribution is 7.59. The lowest BCUT2D eigenvalue weighted by atomic mass is 9.94. The Bertz CT molecular complexity index is 1040. The predicted octanol–water partition coefficient (Wildman–Crippen LogP) is 2.90. The van der Waals surface area contributed by atoms with E-state index in [0.717, 1.165) is 18.2 Å². The number of fused-ring (bicyclic) bond motifs is 1. The molecule has 0 unspecified atom stereocenters. The van der Waals surface area contributed by atoms with Gasteiger partial charge in [-0.05, 0) is 25.0 Å². The lowest BCUT2D eigenvalue weighted by molar-refractivity contribution is -0.118. The zero-order valence-electron chi connectivity index (χ0n) is 18.4. The molecule has 32 heavy (non-hydrogen) atoms. The minimum Gasteiger partial charge on any atom is -0.346 e. The SMILES string of the molecule is Cc1nc(CC2CN(C(=O)c3cc(F)cc(F)c3)C2)nc2c1NC(=O)[C@H](C(C)C)N2C.S. The number of anilines is 2. The van der Waals surface area contributed by atoms with Gasteiger partial charge in [-0.3, -0.25) is 9.59 Å². The smallest absolute Gasteiger partial charge is 0.254 e. The maximum absolute atomic E-state index is 13.4. The van der Waals surface area contributed by atoms with Crippen LogP contribution in [0.25, 0.3) is 0 Å². The Morgan fingerprint density at radius 3 is 2.41 bits per heavy atom. The second-order valence-electron chi connectivity index (χ2n) is 8.65. The van der Waals surface area contributed by atoms with Gasteiger partial charge in [-0.25, -0.2) is 18.7 Å². The molecule has 3 heterocycles. The number of hydrogen-bond acceptors (Lipinski definition) is 5. The van der Waals surface area contributed by atoms with Crippen molar-refractivity contribution in [3.63, 3.8) is 0 Å². The molecule has 0 radical (unpaired) electrons. The summed E-state index contributed by atoms with van der Waals surface area (Å²) in [7, 11) is 1.86. The highest BCUT2D eigenvalue weighted by atomic mass is 32.1. The molecule has 1 N–H and O–H groups in total. The van der Waals surface area contributed by atoms with Gasteiger partial charge in [0, 0.05) is 44.1 Å². The van der Waals surface area contributed by atoms with E-state index in [9.17, 15) is 18.4 Å². The molecule has 172 valence electrons. The molecule has 2 aliphatic heterocycles. The number of aryl methyl sites for hydroxylation is 1. The Balaban J connectivity index is 0.00000289. The van der Waals surface area contributed by atoms with Crippen LogP contribution in [-0.4, -0.2) is 52.9 Å².